The van der Waals surface area contributed by atoms with Gasteiger partial charge in [0.15, 0.2) is 0 Å². The number of nitrogens with one attached hydrogen (secondary N) is 1. The lowest BCUT2D eigenvalue weighted by Crippen LogP contribution is -2.25. The van der Waals surface area contributed by atoms with Gasteiger partial charge in [-0.15, -0.1) is 0 Å². The van der Waals surface area contributed by atoms with Crippen molar-refractivity contribution < 1.29 is 0 Å². The molecule has 0 aliphatic carbocycles. The highest BCUT2D eigenvalue weighted by molar-refractivity contribution is 5.85. The first kappa shape index (κ1) is 12.7. The molecule has 0 spiro atoms. The molecule has 1 aliphatic heterocycles. The molecule has 2 heterocycles. The monoisotopic (exact) mass is 257 g/mol. The molecular weight excluding hydrogens is 234 g/mol. The number of hydrogen-bond donors (Lipinski definition) is 1. The number of hydrogen-bond acceptors (Lipinski definition) is 2. The Morgan fingerprint density at radius 1 is 1.26 bits per heavy atom. The summed E-state index contributed by atoms with van der Waals surface area (Å²) in [6.07, 6.45) is 2.37. The van der Waals surface area contributed by atoms with Gasteiger partial charge in [-0.05, 0) is 51.7 Å². The second-order valence-corrected chi connectivity index (χ2v) is 5.68. The first-order valence-corrected chi connectivity index (χ1v) is 7.22. The van der Waals surface area contributed by atoms with Crippen LogP contribution in [0, 0.1) is 0 Å². The molecule has 102 valence electrons. The van der Waals surface area contributed by atoms with Crippen molar-refractivity contribution in [3.63, 3.8) is 0 Å². The fourth-order valence-electron chi connectivity index (χ4n) is 3.13. The minimum absolute atomic E-state index is 1.02. The van der Waals surface area contributed by atoms with Crippen molar-refractivity contribution in [1.82, 2.24) is 14.8 Å². The van der Waals surface area contributed by atoms with E-state index in [1.54, 1.807) is 5.56 Å². The van der Waals surface area contributed by atoms with Crippen LogP contribution in [0.4, 0.5) is 0 Å². The molecule has 0 amide bonds. The van der Waals surface area contributed by atoms with Crippen LogP contribution in [-0.2, 0) is 19.5 Å². The van der Waals surface area contributed by atoms with Crippen molar-refractivity contribution in [1.29, 1.82) is 0 Å². The fourth-order valence-corrected chi connectivity index (χ4v) is 3.13. The number of nitrogens with zero attached hydrogens (tertiary/aromatic N) is 2. The molecule has 0 atom stereocenters. The molecule has 3 heteroatoms. The van der Waals surface area contributed by atoms with Gasteiger partial charge in [0.05, 0.1) is 0 Å². The second kappa shape index (κ2) is 5.35. The molecule has 3 rings (SSSR count). The van der Waals surface area contributed by atoms with Gasteiger partial charge in [-0.1, -0.05) is 18.2 Å². The van der Waals surface area contributed by atoms with E-state index in [9.17, 15) is 0 Å². The topological polar surface area (TPSA) is 20.2 Å². The Morgan fingerprint density at radius 2 is 2.11 bits per heavy atom. The van der Waals surface area contributed by atoms with E-state index in [-0.39, 0.29) is 0 Å². The van der Waals surface area contributed by atoms with Gasteiger partial charge < -0.3 is 14.8 Å². The Kier molecular flexibility index (Phi) is 3.58. The zero-order valence-corrected chi connectivity index (χ0v) is 11.9. The van der Waals surface area contributed by atoms with Crippen molar-refractivity contribution >= 4 is 10.9 Å². The lowest BCUT2D eigenvalue weighted by molar-refractivity contribution is 0.385. The highest BCUT2D eigenvalue weighted by atomic mass is 15.1. The molecule has 0 radical (unpaired) electrons. The summed E-state index contributed by atoms with van der Waals surface area (Å²) in [4.78, 5) is 2.26. The maximum Gasteiger partial charge on any atom is 0.0485 e. The molecule has 2 aromatic rings. The van der Waals surface area contributed by atoms with E-state index in [1.165, 1.54) is 23.0 Å². The first-order valence-electron chi connectivity index (χ1n) is 7.22. The molecule has 1 N–H and O–H groups in total. The Morgan fingerprint density at radius 3 is 2.95 bits per heavy atom. The van der Waals surface area contributed by atoms with E-state index >= 15 is 0 Å². The second-order valence-electron chi connectivity index (χ2n) is 5.68. The van der Waals surface area contributed by atoms with Crippen LogP contribution in [0.1, 0.15) is 17.7 Å². The zero-order valence-electron chi connectivity index (χ0n) is 11.9. The van der Waals surface area contributed by atoms with Crippen LogP contribution >= 0.6 is 0 Å². The Balaban J connectivity index is 1.97. The van der Waals surface area contributed by atoms with Crippen LogP contribution in [0.25, 0.3) is 10.9 Å². The van der Waals surface area contributed by atoms with E-state index in [1.807, 2.05) is 0 Å². The average Bonchev–Trinajstić information content (AvgIpc) is 2.74. The zero-order chi connectivity index (χ0) is 13.2. The van der Waals surface area contributed by atoms with E-state index in [0.29, 0.717) is 0 Å². The summed E-state index contributed by atoms with van der Waals surface area (Å²) in [5, 5.41) is 4.97. The van der Waals surface area contributed by atoms with E-state index < -0.39 is 0 Å². The Labute approximate surface area is 115 Å². The molecule has 19 heavy (non-hydrogen) atoms. The fraction of sp³-hybridized carbons (Fsp3) is 0.500. The Hall–Kier alpha value is -1.32. The van der Waals surface area contributed by atoms with E-state index in [2.05, 4.69) is 53.1 Å². The molecule has 0 saturated carbocycles. The van der Waals surface area contributed by atoms with Gasteiger partial charge in [-0.3, -0.25) is 0 Å². The number of rotatable bonds is 4. The molecular formula is C16H23N3. The van der Waals surface area contributed by atoms with Gasteiger partial charge in [0.2, 0.25) is 0 Å². The Bertz CT molecular complexity index is 569. The van der Waals surface area contributed by atoms with Crippen LogP contribution < -0.4 is 5.32 Å². The number of benzene rings is 1. The van der Waals surface area contributed by atoms with E-state index in [0.717, 1.165) is 32.6 Å². The van der Waals surface area contributed by atoms with Crippen LogP contribution in [-0.4, -0.2) is 36.7 Å². The van der Waals surface area contributed by atoms with Gasteiger partial charge >= 0.3 is 0 Å². The third kappa shape index (κ3) is 2.40. The molecule has 0 bridgehead atoms. The summed E-state index contributed by atoms with van der Waals surface area (Å²) in [5.74, 6) is 0. The highest BCUT2D eigenvalue weighted by Crippen LogP contribution is 2.28. The average molecular weight is 257 g/mol. The van der Waals surface area contributed by atoms with Crippen LogP contribution in [0.3, 0.4) is 0 Å². The SMILES string of the molecule is CN(C)CCCn1c2c(c3ccccc31)CCNC2. The molecule has 3 nitrogen and oxygen atoms in total. The summed E-state index contributed by atoms with van der Waals surface area (Å²) in [6, 6.07) is 8.86. The van der Waals surface area contributed by atoms with Crippen molar-refractivity contribution in [2.45, 2.75) is 25.9 Å². The van der Waals surface area contributed by atoms with Crippen molar-refractivity contribution in [3.05, 3.63) is 35.5 Å². The van der Waals surface area contributed by atoms with Crippen molar-refractivity contribution in [2.24, 2.45) is 0 Å². The van der Waals surface area contributed by atoms with E-state index in [4.69, 9.17) is 0 Å². The summed E-state index contributed by atoms with van der Waals surface area (Å²) >= 11 is 0. The standard InChI is InChI=1S/C16H23N3/c1-18(2)10-5-11-19-15-7-4-3-6-13(15)14-8-9-17-12-16(14)19/h3-4,6-7,17H,5,8-12H2,1-2H3. The van der Waals surface area contributed by atoms with Gasteiger partial charge in [0.1, 0.15) is 0 Å². The predicted octanol–water partition coefficient (Wildman–Crippen LogP) is 2.24. The third-order valence-electron chi connectivity index (χ3n) is 4.03. The maximum absolute atomic E-state index is 3.51. The van der Waals surface area contributed by atoms with Gasteiger partial charge in [-0.25, -0.2) is 0 Å². The molecule has 0 fully saturated rings. The minimum atomic E-state index is 1.02. The quantitative estimate of drug-likeness (QED) is 0.906. The summed E-state index contributed by atoms with van der Waals surface area (Å²) in [5.41, 5.74) is 4.49. The lowest BCUT2D eigenvalue weighted by Gasteiger charge is -2.18. The number of para-hydroxylation sites is 1. The summed E-state index contributed by atoms with van der Waals surface area (Å²) in [7, 11) is 4.29. The maximum atomic E-state index is 3.51. The third-order valence-corrected chi connectivity index (χ3v) is 4.03. The largest absolute Gasteiger partial charge is 0.343 e. The minimum Gasteiger partial charge on any atom is -0.343 e. The van der Waals surface area contributed by atoms with Crippen molar-refractivity contribution in [2.75, 3.05) is 27.2 Å². The number of aromatic nitrogens is 1. The van der Waals surface area contributed by atoms with Crippen LogP contribution in [0.15, 0.2) is 24.3 Å². The lowest BCUT2D eigenvalue weighted by atomic mass is 10.1. The first-order chi connectivity index (χ1) is 9.27. The van der Waals surface area contributed by atoms with Gasteiger partial charge in [0, 0.05) is 29.7 Å². The van der Waals surface area contributed by atoms with Crippen LogP contribution in [0.5, 0.6) is 0 Å². The number of aryl methyl sites for hydroxylation is 1. The van der Waals surface area contributed by atoms with Gasteiger partial charge in [0.25, 0.3) is 0 Å². The summed E-state index contributed by atoms with van der Waals surface area (Å²) in [6.45, 7) is 4.40. The highest BCUT2D eigenvalue weighted by Gasteiger charge is 2.18. The predicted molar refractivity (Wildman–Crippen MR) is 80.5 cm³/mol. The normalized spacial score (nSPS) is 15.1. The van der Waals surface area contributed by atoms with Gasteiger partial charge in [-0.2, -0.15) is 0 Å². The molecule has 1 aliphatic rings. The summed E-state index contributed by atoms with van der Waals surface area (Å²) < 4.78 is 2.53. The smallest absolute Gasteiger partial charge is 0.0485 e. The molecule has 0 unspecified atom stereocenters. The van der Waals surface area contributed by atoms with Crippen molar-refractivity contribution in [3.8, 4) is 0 Å². The molecule has 1 aromatic carbocycles. The molecule has 0 saturated heterocycles. The molecule has 1 aromatic heterocycles. The number of fused-ring (bicyclic) bond motifs is 3. The van der Waals surface area contributed by atoms with Crippen LogP contribution in [0.2, 0.25) is 0 Å².